The maximum Gasteiger partial charge on any atom is 0.413 e. The van der Waals surface area contributed by atoms with Crippen LogP contribution in [0.25, 0.3) is 0 Å². The van der Waals surface area contributed by atoms with Crippen LogP contribution in [0.4, 0.5) is 4.79 Å². The minimum Gasteiger partial charge on any atom is -0.444 e. The highest BCUT2D eigenvalue weighted by molar-refractivity contribution is 7.09. The molecule has 0 aliphatic carbocycles. The van der Waals surface area contributed by atoms with Crippen molar-refractivity contribution >= 4 is 36.1 Å². The highest BCUT2D eigenvalue weighted by Crippen LogP contribution is 2.44. The largest absolute Gasteiger partial charge is 0.444 e. The lowest BCUT2D eigenvalue weighted by Gasteiger charge is -2.44. The monoisotopic (exact) mass is 567 g/mol. The molecule has 0 bridgehead atoms. The van der Waals surface area contributed by atoms with Crippen molar-refractivity contribution in [3.63, 3.8) is 0 Å². The number of aromatic nitrogens is 1. The average molecular weight is 568 g/mol. The molecule has 2 atom stereocenters. The fourth-order valence-electron chi connectivity index (χ4n) is 5.61. The van der Waals surface area contributed by atoms with Crippen LogP contribution in [-0.2, 0) is 20.9 Å². The summed E-state index contributed by atoms with van der Waals surface area (Å²) >= 11 is 1.62. The molecule has 39 heavy (non-hydrogen) atoms. The molecule has 0 unspecified atom stereocenters. The van der Waals surface area contributed by atoms with Gasteiger partial charge in [0.2, 0.25) is 0 Å². The van der Waals surface area contributed by atoms with Gasteiger partial charge in [-0.15, -0.1) is 0 Å². The fourth-order valence-corrected chi connectivity index (χ4v) is 11.1. The Labute approximate surface area is 238 Å². The zero-order valence-corrected chi connectivity index (χ0v) is 26.5. The van der Waals surface area contributed by atoms with Gasteiger partial charge >= 0.3 is 6.09 Å². The summed E-state index contributed by atoms with van der Waals surface area (Å²) < 4.78 is 22.0. The third kappa shape index (κ3) is 5.84. The van der Waals surface area contributed by atoms with Crippen molar-refractivity contribution in [1.29, 1.82) is 0 Å². The van der Waals surface area contributed by atoms with Crippen LogP contribution in [0.1, 0.15) is 66.5 Å². The van der Waals surface area contributed by atoms with Crippen LogP contribution in [0.2, 0.25) is 5.04 Å². The molecule has 0 saturated carbocycles. The lowest BCUT2D eigenvalue weighted by atomic mass is 10.1. The smallest absolute Gasteiger partial charge is 0.413 e. The number of rotatable bonds is 6. The highest BCUT2D eigenvalue weighted by Gasteiger charge is 2.57. The lowest BCUT2D eigenvalue weighted by Crippen LogP contribution is -2.67. The highest BCUT2D eigenvalue weighted by atomic mass is 32.1. The zero-order chi connectivity index (χ0) is 28.6. The third-order valence-electron chi connectivity index (χ3n) is 7.22. The van der Waals surface area contributed by atoms with E-state index in [1.54, 1.807) is 16.2 Å². The van der Waals surface area contributed by atoms with E-state index in [0.717, 1.165) is 5.01 Å². The third-order valence-corrected chi connectivity index (χ3v) is 13.2. The predicted octanol–water partition coefficient (Wildman–Crippen LogP) is 5.56. The van der Waals surface area contributed by atoms with Gasteiger partial charge in [0.1, 0.15) is 18.4 Å². The van der Waals surface area contributed by atoms with E-state index in [2.05, 4.69) is 73.9 Å². The summed E-state index contributed by atoms with van der Waals surface area (Å²) in [6.07, 6.45) is 1.26. The summed E-state index contributed by atoms with van der Waals surface area (Å²) in [7, 11) is -0.828. The molecule has 0 N–H and O–H groups in total. The van der Waals surface area contributed by atoms with Gasteiger partial charge in [-0.2, -0.15) is 4.57 Å². The summed E-state index contributed by atoms with van der Waals surface area (Å²) in [6.45, 7) is 16.6. The van der Waals surface area contributed by atoms with Crippen molar-refractivity contribution in [2.75, 3.05) is 6.61 Å². The summed E-state index contributed by atoms with van der Waals surface area (Å²) in [4.78, 5) is 15.5. The number of carbonyl (C=O) groups is 1. The van der Waals surface area contributed by atoms with Gasteiger partial charge in [0.05, 0.1) is 18.0 Å². The molecule has 0 spiro atoms. The van der Waals surface area contributed by atoms with Gasteiger partial charge in [-0.1, -0.05) is 92.8 Å². The minimum atomic E-state index is -2.84. The molecule has 210 valence electrons. The number of benzene rings is 2. The quantitative estimate of drug-likeness (QED) is 0.289. The van der Waals surface area contributed by atoms with Gasteiger partial charge in [-0.3, -0.25) is 4.90 Å². The topological polar surface area (TPSA) is 51.9 Å². The van der Waals surface area contributed by atoms with Crippen LogP contribution in [0, 0.1) is 0 Å². The molecular formula is C31H43N2O4SSi+. The Morgan fingerprint density at radius 3 is 1.97 bits per heavy atom. The first-order valence-corrected chi connectivity index (χ1v) is 16.3. The van der Waals surface area contributed by atoms with Gasteiger partial charge in [0.15, 0.2) is 12.3 Å². The molecule has 2 heterocycles. The van der Waals surface area contributed by atoms with Crippen LogP contribution in [0.5, 0.6) is 0 Å². The van der Waals surface area contributed by atoms with Crippen molar-refractivity contribution in [2.24, 2.45) is 7.05 Å². The van der Waals surface area contributed by atoms with Gasteiger partial charge in [-0.25, -0.2) is 4.79 Å². The molecule has 2 aromatic carbocycles. The minimum absolute atomic E-state index is 0.190. The van der Waals surface area contributed by atoms with E-state index in [-0.39, 0.29) is 17.2 Å². The molecule has 1 aliphatic rings. The van der Waals surface area contributed by atoms with E-state index in [1.807, 2.05) is 65.4 Å². The molecule has 1 fully saturated rings. The Morgan fingerprint density at radius 2 is 1.54 bits per heavy atom. The van der Waals surface area contributed by atoms with E-state index >= 15 is 0 Å². The summed E-state index contributed by atoms with van der Waals surface area (Å²) in [5.74, 6) is 0. The van der Waals surface area contributed by atoms with Gasteiger partial charge in [-0.05, 0) is 50.0 Å². The number of hydrogen-bond acceptors (Lipinski definition) is 5. The Balaban J connectivity index is 1.83. The molecule has 1 saturated heterocycles. The second-order valence-corrected chi connectivity index (χ2v) is 18.0. The molecule has 1 aliphatic heterocycles. The molecule has 0 radical (unpaired) electrons. The average Bonchev–Trinajstić information content (AvgIpc) is 3.38. The van der Waals surface area contributed by atoms with Crippen LogP contribution >= 0.6 is 11.3 Å². The zero-order valence-electron chi connectivity index (χ0n) is 24.7. The second kappa shape index (κ2) is 10.8. The number of aryl methyl sites for hydroxylation is 1. The molecule has 8 heteroatoms. The first-order valence-electron chi connectivity index (χ1n) is 13.6. The summed E-state index contributed by atoms with van der Waals surface area (Å²) in [5.41, 5.74) is -1.52. The molecular weight excluding hydrogens is 525 g/mol. The lowest BCUT2D eigenvalue weighted by molar-refractivity contribution is -0.677. The number of ether oxygens (including phenoxy) is 2. The van der Waals surface area contributed by atoms with Gasteiger partial charge in [0, 0.05) is 0 Å². The molecule has 1 amide bonds. The van der Waals surface area contributed by atoms with Crippen LogP contribution in [0.3, 0.4) is 0 Å². The van der Waals surface area contributed by atoms with Crippen molar-refractivity contribution in [3.05, 3.63) is 77.2 Å². The number of amides is 1. The summed E-state index contributed by atoms with van der Waals surface area (Å²) in [5, 5.41) is 5.28. The van der Waals surface area contributed by atoms with Crippen molar-refractivity contribution in [3.8, 4) is 0 Å². The van der Waals surface area contributed by atoms with Crippen LogP contribution < -0.4 is 14.9 Å². The predicted molar refractivity (Wildman–Crippen MR) is 159 cm³/mol. The molecule has 1 aromatic heterocycles. The Kier molecular flexibility index (Phi) is 8.16. The number of nitrogens with zero attached hydrogens (tertiary/aromatic N) is 2. The van der Waals surface area contributed by atoms with Crippen LogP contribution in [-0.4, -0.2) is 43.3 Å². The maximum absolute atomic E-state index is 13.7. The van der Waals surface area contributed by atoms with E-state index in [0.29, 0.717) is 6.61 Å². The van der Waals surface area contributed by atoms with Gasteiger partial charge < -0.3 is 13.9 Å². The molecule has 4 rings (SSSR count). The summed E-state index contributed by atoms with van der Waals surface area (Å²) in [6, 6.07) is 20.8. The standard InChI is InChI=1S/C31H43N2O4SSi/c1-29(2,3)37-28(34)33-25(26(36-31(33,7)8)27-32(9)20-21-38-27)22-35-39(30(4,5)6,23-16-12-10-13-17-23)24-18-14-11-15-19-24/h10-21,25-26H,22H2,1-9H3/q+1/t25-,26+/m1/s1. The number of hydrogen-bond donors (Lipinski definition) is 0. The fraction of sp³-hybridized carbons (Fsp3) is 0.484. The van der Waals surface area contributed by atoms with E-state index in [4.69, 9.17) is 13.9 Å². The van der Waals surface area contributed by atoms with Crippen molar-refractivity contribution < 1.29 is 23.3 Å². The molecule has 3 aromatic rings. The van der Waals surface area contributed by atoms with E-state index in [1.165, 1.54) is 10.4 Å². The SMILES string of the molecule is C[n+]1ccsc1[C@H]1OC(C)(C)N(C(=O)OC(C)(C)C)[C@@H]1CO[Si](c1ccccc1)(c1ccccc1)C(C)(C)C. The Bertz CT molecular complexity index is 1230. The molecule has 6 nitrogen and oxygen atoms in total. The Morgan fingerprint density at radius 1 is 1.00 bits per heavy atom. The van der Waals surface area contributed by atoms with Crippen molar-refractivity contribution in [2.45, 2.75) is 83.9 Å². The first-order chi connectivity index (χ1) is 18.2. The maximum atomic E-state index is 13.7. The number of carbonyl (C=O) groups excluding carboxylic acids is 1. The van der Waals surface area contributed by atoms with E-state index in [9.17, 15) is 4.79 Å². The second-order valence-electron chi connectivity index (χ2n) is 12.7. The van der Waals surface area contributed by atoms with E-state index < -0.39 is 25.7 Å². The van der Waals surface area contributed by atoms with Crippen molar-refractivity contribution in [1.82, 2.24) is 4.90 Å². The van der Waals surface area contributed by atoms with Crippen LogP contribution in [0.15, 0.2) is 72.2 Å². The number of thiazole rings is 1. The van der Waals surface area contributed by atoms with Gasteiger partial charge in [0.25, 0.3) is 13.3 Å². The first kappa shape index (κ1) is 29.5. The normalized spacial score (nSPS) is 19.8. The Hall–Kier alpha value is -2.52.